The average molecular weight is 389 g/mol. The highest BCUT2D eigenvalue weighted by Crippen LogP contribution is 2.34. The van der Waals surface area contributed by atoms with Crippen molar-refractivity contribution in [3.8, 4) is 11.3 Å². The van der Waals surface area contributed by atoms with Gasteiger partial charge in [0.25, 0.3) is 0 Å². The molecule has 5 rings (SSSR count). The molecule has 2 aromatic heterocycles. The first-order valence-electron chi connectivity index (χ1n) is 10.5. The smallest absolute Gasteiger partial charge is 0.128 e. The van der Waals surface area contributed by atoms with Crippen LogP contribution in [0.5, 0.6) is 0 Å². The third-order valence-electron chi connectivity index (χ3n) is 5.97. The third-order valence-corrected chi connectivity index (χ3v) is 5.97. The highest BCUT2D eigenvalue weighted by molar-refractivity contribution is 5.94. The van der Waals surface area contributed by atoms with Crippen molar-refractivity contribution >= 4 is 22.4 Å². The molecule has 1 aromatic carbocycles. The summed E-state index contributed by atoms with van der Waals surface area (Å²) in [5.74, 6) is 1.77. The fourth-order valence-corrected chi connectivity index (χ4v) is 4.37. The fourth-order valence-electron chi connectivity index (χ4n) is 4.37. The molecule has 3 aromatic rings. The Kier molecular flexibility index (Phi) is 5.04. The number of nitrogens with zero attached hydrogens (tertiary/aromatic N) is 4. The van der Waals surface area contributed by atoms with Crippen LogP contribution in [-0.4, -0.2) is 62.8 Å². The minimum absolute atomic E-state index is 0.718. The number of benzene rings is 1. The SMILES string of the molecule is CNCC1CN(c2cc(-c3ccc(N4CCNCC4)nc3)nc3ccccc23)C1. The van der Waals surface area contributed by atoms with Gasteiger partial charge in [-0.05, 0) is 31.3 Å². The maximum absolute atomic E-state index is 4.94. The molecule has 29 heavy (non-hydrogen) atoms. The minimum Gasteiger partial charge on any atom is -0.370 e. The van der Waals surface area contributed by atoms with Crippen molar-refractivity contribution in [1.29, 1.82) is 0 Å². The Bertz CT molecular complexity index is 974. The Morgan fingerprint density at radius 2 is 1.90 bits per heavy atom. The van der Waals surface area contributed by atoms with E-state index in [9.17, 15) is 0 Å². The lowest BCUT2D eigenvalue weighted by Gasteiger charge is -2.41. The number of hydrogen-bond acceptors (Lipinski definition) is 6. The molecule has 0 unspecified atom stereocenters. The summed E-state index contributed by atoms with van der Waals surface area (Å²) in [6, 6.07) is 15.0. The first kappa shape index (κ1) is 18.3. The number of fused-ring (bicyclic) bond motifs is 1. The van der Waals surface area contributed by atoms with Gasteiger partial charge in [0, 0.05) is 74.6 Å². The van der Waals surface area contributed by atoms with Crippen LogP contribution in [0, 0.1) is 5.92 Å². The number of pyridine rings is 2. The second kappa shape index (κ2) is 7.97. The molecule has 4 heterocycles. The second-order valence-electron chi connectivity index (χ2n) is 8.01. The zero-order valence-corrected chi connectivity index (χ0v) is 16.9. The normalized spacial score (nSPS) is 17.6. The number of aromatic nitrogens is 2. The molecule has 0 amide bonds. The number of hydrogen-bond donors (Lipinski definition) is 2. The second-order valence-corrected chi connectivity index (χ2v) is 8.01. The molecule has 0 atom stereocenters. The first-order chi connectivity index (χ1) is 14.3. The Morgan fingerprint density at radius 3 is 2.66 bits per heavy atom. The zero-order chi connectivity index (χ0) is 19.6. The van der Waals surface area contributed by atoms with Gasteiger partial charge in [-0.1, -0.05) is 18.2 Å². The largest absolute Gasteiger partial charge is 0.370 e. The van der Waals surface area contributed by atoms with Crippen LogP contribution in [0.15, 0.2) is 48.7 Å². The summed E-state index contributed by atoms with van der Waals surface area (Å²) >= 11 is 0. The summed E-state index contributed by atoms with van der Waals surface area (Å²) in [5.41, 5.74) is 4.39. The van der Waals surface area contributed by atoms with Gasteiger partial charge in [-0.2, -0.15) is 0 Å². The molecular weight excluding hydrogens is 360 g/mol. The average Bonchev–Trinajstić information content (AvgIpc) is 2.76. The van der Waals surface area contributed by atoms with Crippen molar-refractivity contribution in [1.82, 2.24) is 20.6 Å². The Balaban J connectivity index is 1.45. The van der Waals surface area contributed by atoms with Gasteiger partial charge in [0.2, 0.25) is 0 Å². The fraction of sp³-hybridized carbons (Fsp3) is 0.391. The van der Waals surface area contributed by atoms with Crippen LogP contribution in [0.2, 0.25) is 0 Å². The molecule has 0 saturated carbocycles. The summed E-state index contributed by atoms with van der Waals surface area (Å²) in [7, 11) is 2.03. The van der Waals surface area contributed by atoms with Crippen molar-refractivity contribution in [3.05, 3.63) is 48.7 Å². The molecule has 2 saturated heterocycles. The van der Waals surface area contributed by atoms with Gasteiger partial charge in [-0.3, -0.25) is 0 Å². The van der Waals surface area contributed by atoms with Crippen LogP contribution in [0.3, 0.4) is 0 Å². The number of para-hydroxylation sites is 1. The van der Waals surface area contributed by atoms with Gasteiger partial charge in [0.1, 0.15) is 5.82 Å². The van der Waals surface area contributed by atoms with E-state index in [2.05, 4.69) is 62.9 Å². The molecule has 150 valence electrons. The van der Waals surface area contributed by atoms with Crippen molar-refractivity contribution < 1.29 is 0 Å². The number of anilines is 2. The number of rotatable bonds is 5. The van der Waals surface area contributed by atoms with Gasteiger partial charge in [-0.15, -0.1) is 0 Å². The predicted molar refractivity (Wildman–Crippen MR) is 120 cm³/mol. The minimum atomic E-state index is 0.718. The Hall–Kier alpha value is -2.70. The zero-order valence-electron chi connectivity index (χ0n) is 16.9. The topological polar surface area (TPSA) is 56.3 Å². The molecule has 0 aliphatic carbocycles. The molecule has 6 heteroatoms. The molecule has 0 spiro atoms. The van der Waals surface area contributed by atoms with Crippen LogP contribution in [0.25, 0.3) is 22.2 Å². The summed E-state index contributed by atoms with van der Waals surface area (Å²) in [6.45, 7) is 7.31. The van der Waals surface area contributed by atoms with Crippen LogP contribution in [-0.2, 0) is 0 Å². The summed E-state index contributed by atoms with van der Waals surface area (Å²) in [5, 5.41) is 7.91. The third kappa shape index (κ3) is 3.66. The number of nitrogens with one attached hydrogen (secondary N) is 2. The lowest BCUT2D eigenvalue weighted by Crippen LogP contribution is -2.50. The van der Waals surface area contributed by atoms with Crippen molar-refractivity contribution in [3.63, 3.8) is 0 Å². The quantitative estimate of drug-likeness (QED) is 0.700. The first-order valence-corrected chi connectivity index (χ1v) is 10.5. The van der Waals surface area contributed by atoms with E-state index in [0.29, 0.717) is 0 Å². The molecule has 2 aliphatic rings. The van der Waals surface area contributed by atoms with E-state index in [-0.39, 0.29) is 0 Å². The highest BCUT2D eigenvalue weighted by atomic mass is 15.2. The number of piperazine rings is 1. The van der Waals surface area contributed by atoms with Crippen molar-refractivity contribution in [2.75, 3.05) is 62.7 Å². The Labute approximate surface area is 172 Å². The van der Waals surface area contributed by atoms with Crippen LogP contribution >= 0.6 is 0 Å². The van der Waals surface area contributed by atoms with E-state index >= 15 is 0 Å². The van der Waals surface area contributed by atoms with Gasteiger partial charge in [-0.25, -0.2) is 9.97 Å². The molecule has 2 fully saturated rings. The molecule has 2 aliphatic heterocycles. The van der Waals surface area contributed by atoms with E-state index in [1.54, 1.807) is 0 Å². The monoisotopic (exact) mass is 388 g/mol. The Morgan fingerprint density at radius 1 is 1.07 bits per heavy atom. The lowest BCUT2D eigenvalue weighted by atomic mass is 9.97. The lowest BCUT2D eigenvalue weighted by molar-refractivity contribution is 0.398. The molecule has 2 N–H and O–H groups in total. The summed E-state index contributed by atoms with van der Waals surface area (Å²) in [4.78, 5) is 14.5. The maximum atomic E-state index is 4.94. The predicted octanol–water partition coefficient (Wildman–Crippen LogP) is 2.36. The summed E-state index contributed by atoms with van der Waals surface area (Å²) < 4.78 is 0. The van der Waals surface area contributed by atoms with Crippen LogP contribution < -0.4 is 20.4 Å². The highest BCUT2D eigenvalue weighted by Gasteiger charge is 2.28. The van der Waals surface area contributed by atoms with Crippen molar-refractivity contribution in [2.45, 2.75) is 0 Å². The molecule has 0 radical (unpaired) electrons. The van der Waals surface area contributed by atoms with E-state index < -0.39 is 0 Å². The van der Waals surface area contributed by atoms with E-state index in [4.69, 9.17) is 9.97 Å². The maximum Gasteiger partial charge on any atom is 0.128 e. The van der Waals surface area contributed by atoms with Gasteiger partial charge >= 0.3 is 0 Å². The van der Waals surface area contributed by atoms with E-state index in [1.165, 1.54) is 11.1 Å². The molecular formula is C23H28N6. The van der Waals surface area contributed by atoms with Crippen molar-refractivity contribution in [2.24, 2.45) is 5.92 Å². The van der Waals surface area contributed by atoms with E-state index in [0.717, 1.165) is 74.3 Å². The standard InChI is InChI=1S/C23H28N6/c1-24-13-17-15-29(16-17)22-12-21(27-20-5-3-2-4-19(20)22)18-6-7-23(26-14-18)28-10-8-25-9-11-28/h2-7,12,14,17,24-25H,8-11,13,15-16H2,1H3. The van der Waals surface area contributed by atoms with Gasteiger partial charge in [0.05, 0.1) is 11.2 Å². The molecule has 0 bridgehead atoms. The van der Waals surface area contributed by atoms with Gasteiger partial charge < -0.3 is 20.4 Å². The summed E-state index contributed by atoms with van der Waals surface area (Å²) in [6.07, 6.45) is 1.97. The molecule has 6 nitrogen and oxygen atoms in total. The van der Waals surface area contributed by atoms with Crippen LogP contribution in [0.4, 0.5) is 11.5 Å². The van der Waals surface area contributed by atoms with E-state index in [1.807, 2.05) is 13.2 Å². The van der Waals surface area contributed by atoms with Crippen LogP contribution in [0.1, 0.15) is 0 Å². The van der Waals surface area contributed by atoms with Gasteiger partial charge in [0.15, 0.2) is 0 Å².